The molecular weight excluding hydrogens is 220 g/mol. The van der Waals surface area contributed by atoms with Crippen LogP contribution >= 0.6 is 0 Å². The molecule has 98 valence electrons. The highest BCUT2D eigenvalue weighted by atomic mass is 16.5. The van der Waals surface area contributed by atoms with Crippen molar-refractivity contribution in [2.24, 2.45) is 5.92 Å². The largest absolute Gasteiger partial charge is 0.469 e. The first-order valence-corrected chi connectivity index (χ1v) is 6.96. The third-order valence-electron chi connectivity index (χ3n) is 3.54. The molecule has 0 bridgehead atoms. The SMILES string of the molecule is C=CC1=C(CC(CC)CCCC)C=[C+]C(OC)=C1. The summed E-state index contributed by atoms with van der Waals surface area (Å²) in [6, 6.07) is 0. The van der Waals surface area contributed by atoms with E-state index in [1.54, 1.807) is 7.11 Å². The summed E-state index contributed by atoms with van der Waals surface area (Å²) in [6.45, 7) is 8.42. The second-order valence-corrected chi connectivity index (χ2v) is 4.81. The molecule has 0 saturated heterocycles. The Hall–Kier alpha value is -1.33. The standard InChI is InChI=1S/C17H25O/c1-5-8-9-14(6-2)12-16-10-11-17(18-4)13-15(16)7-3/h7,10,13-14H,3,5-6,8-9,12H2,1-2,4H3/q+1. The van der Waals surface area contributed by atoms with E-state index in [1.807, 2.05) is 12.2 Å². The Labute approximate surface area is 112 Å². The van der Waals surface area contributed by atoms with Crippen LogP contribution in [-0.2, 0) is 4.74 Å². The summed E-state index contributed by atoms with van der Waals surface area (Å²) in [5.41, 5.74) is 2.52. The minimum Gasteiger partial charge on any atom is -0.469 e. The van der Waals surface area contributed by atoms with Gasteiger partial charge in [0.05, 0.1) is 24.3 Å². The Morgan fingerprint density at radius 1 is 1.44 bits per heavy atom. The monoisotopic (exact) mass is 245 g/mol. The molecule has 0 fully saturated rings. The van der Waals surface area contributed by atoms with Crippen molar-refractivity contribution in [1.29, 1.82) is 0 Å². The van der Waals surface area contributed by atoms with E-state index in [0.717, 1.165) is 18.1 Å². The molecule has 0 amide bonds. The molecule has 1 unspecified atom stereocenters. The van der Waals surface area contributed by atoms with Gasteiger partial charge in [-0.25, -0.2) is 0 Å². The van der Waals surface area contributed by atoms with Gasteiger partial charge >= 0.3 is 0 Å². The van der Waals surface area contributed by atoms with Crippen LogP contribution in [0, 0.1) is 12.0 Å². The molecule has 1 aliphatic carbocycles. The van der Waals surface area contributed by atoms with E-state index in [0.29, 0.717) is 0 Å². The third-order valence-corrected chi connectivity index (χ3v) is 3.54. The van der Waals surface area contributed by atoms with E-state index in [4.69, 9.17) is 4.74 Å². The predicted molar refractivity (Wildman–Crippen MR) is 78.1 cm³/mol. The molecule has 0 aromatic heterocycles. The Morgan fingerprint density at radius 3 is 2.78 bits per heavy atom. The Bertz CT molecular complexity index is 358. The van der Waals surface area contributed by atoms with Crippen molar-refractivity contribution in [1.82, 2.24) is 0 Å². The normalized spacial score (nSPS) is 16.1. The fourth-order valence-corrected chi connectivity index (χ4v) is 2.26. The Balaban J connectivity index is 2.75. The molecule has 18 heavy (non-hydrogen) atoms. The van der Waals surface area contributed by atoms with Crippen molar-refractivity contribution in [3.63, 3.8) is 0 Å². The first-order valence-electron chi connectivity index (χ1n) is 6.96. The highest BCUT2D eigenvalue weighted by Crippen LogP contribution is 2.27. The van der Waals surface area contributed by atoms with Crippen LogP contribution in [-0.4, -0.2) is 7.11 Å². The molecular formula is C17H25O+. The molecule has 0 radical (unpaired) electrons. The highest BCUT2D eigenvalue weighted by Gasteiger charge is 2.19. The summed E-state index contributed by atoms with van der Waals surface area (Å²) in [4.78, 5) is 0. The molecule has 1 aliphatic rings. The van der Waals surface area contributed by atoms with Gasteiger partial charge in [0.15, 0.2) is 0 Å². The van der Waals surface area contributed by atoms with Gasteiger partial charge in [-0.1, -0.05) is 39.7 Å². The number of hydrogen-bond donors (Lipinski definition) is 0. The molecule has 0 saturated carbocycles. The first-order chi connectivity index (χ1) is 8.74. The van der Waals surface area contributed by atoms with E-state index < -0.39 is 0 Å². The molecule has 0 N–H and O–H groups in total. The Kier molecular flexibility index (Phi) is 6.46. The summed E-state index contributed by atoms with van der Waals surface area (Å²) in [5, 5.41) is 0. The van der Waals surface area contributed by atoms with Crippen LogP contribution in [0.25, 0.3) is 0 Å². The van der Waals surface area contributed by atoms with Crippen LogP contribution in [0.1, 0.15) is 46.0 Å². The zero-order valence-electron chi connectivity index (χ0n) is 12.0. The molecule has 1 heteroatoms. The summed E-state index contributed by atoms with van der Waals surface area (Å²) >= 11 is 0. The number of allylic oxidation sites excluding steroid dienone is 6. The second kappa shape index (κ2) is 7.89. The van der Waals surface area contributed by atoms with Gasteiger partial charge in [-0.05, 0) is 18.4 Å². The van der Waals surface area contributed by atoms with Gasteiger partial charge in [-0.2, -0.15) is 0 Å². The molecule has 0 heterocycles. The molecule has 0 aromatic rings. The number of unbranched alkanes of at least 4 members (excludes halogenated alkanes) is 1. The second-order valence-electron chi connectivity index (χ2n) is 4.81. The number of rotatable bonds is 8. The number of hydrogen-bond acceptors (Lipinski definition) is 1. The number of ether oxygens (including phenoxy) is 1. The van der Waals surface area contributed by atoms with Crippen molar-refractivity contribution in [3.8, 4) is 0 Å². The maximum Gasteiger partial charge on any atom is 0.289 e. The van der Waals surface area contributed by atoms with Gasteiger partial charge in [0.1, 0.15) is 12.2 Å². The molecule has 0 aromatic carbocycles. The van der Waals surface area contributed by atoms with Crippen molar-refractivity contribution in [3.05, 3.63) is 47.8 Å². The van der Waals surface area contributed by atoms with Crippen LogP contribution < -0.4 is 0 Å². The average Bonchev–Trinajstić information content (AvgIpc) is 2.43. The van der Waals surface area contributed by atoms with Crippen LogP contribution in [0.4, 0.5) is 0 Å². The Morgan fingerprint density at radius 2 is 2.22 bits per heavy atom. The van der Waals surface area contributed by atoms with Gasteiger partial charge in [0.25, 0.3) is 5.76 Å². The van der Waals surface area contributed by atoms with Crippen molar-refractivity contribution in [2.75, 3.05) is 7.11 Å². The molecule has 0 spiro atoms. The van der Waals surface area contributed by atoms with Gasteiger partial charge in [-0.15, -0.1) is 0 Å². The molecule has 1 atom stereocenters. The van der Waals surface area contributed by atoms with E-state index in [2.05, 4.69) is 32.6 Å². The van der Waals surface area contributed by atoms with Gasteiger partial charge in [-0.3, -0.25) is 0 Å². The quantitative estimate of drug-likeness (QED) is 0.548. The van der Waals surface area contributed by atoms with E-state index in [-0.39, 0.29) is 0 Å². The van der Waals surface area contributed by atoms with Crippen LogP contribution in [0.15, 0.2) is 41.7 Å². The number of methoxy groups -OCH3 is 1. The van der Waals surface area contributed by atoms with Crippen molar-refractivity contribution in [2.45, 2.75) is 46.0 Å². The lowest BCUT2D eigenvalue weighted by molar-refractivity contribution is 0.302. The van der Waals surface area contributed by atoms with Crippen molar-refractivity contribution >= 4 is 0 Å². The third kappa shape index (κ3) is 4.16. The lowest BCUT2D eigenvalue weighted by atomic mass is 9.88. The summed E-state index contributed by atoms with van der Waals surface area (Å²) in [7, 11) is 1.68. The minimum absolute atomic E-state index is 0.769. The summed E-state index contributed by atoms with van der Waals surface area (Å²) < 4.78 is 5.20. The van der Waals surface area contributed by atoms with Gasteiger partial charge in [0.2, 0.25) is 0 Å². The summed E-state index contributed by atoms with van der Waals surface area (Å²) in [6.07, 6.45) is 15.5. The lowest BCUT2D eigenvalue weighted by Crippen LogP contribution is -2.03. The van der Waals surface area contributed by atoms with Crippen LogP contribution in [0.5, 0.6) is 0 Å². The van der Waals surface area contributed by atoms with Crippen molar-refractivity contribution < 1.29 is 4.74 Å². The lowest BCUT2D eigenvalue weighted by Gasteiger charge is -2.13. The fraction of sp³-hybridized carbons (Fsp3) is 0.529. The predicted octanol–water partition coefficient (Wildman–Crippen LogP) is 4.98. The molecule has 1 rings (SSSR count). The fourth-order valence-electron chi connectivity index (χ4n) is 2.26. The van der Waals surface area contributed by atoms with Crippen LogP contribution in [0.2, 0.25) is 0 Å². The maximum atomic E-state index is 5.20. The smallest absolute Gasteiger partial charge is 0.289 e. The minimum atomic E-state index is 0.769. The zero-order valence-corrected chi connectivity index (χ0v) is 12.0. The maximum absolute atomic E-state index is 5.20. The molecule has 0 aliphatic heterocycles. The van der Waals surface area contributed by atoms with Gasteiger partial charge in [0, 0.05) is 6.42 Å². The van der Waals surface area contributed by atoms with E-state index in [9.17, 15) is 0 Å². The average molecular weight is 245 g/mol. The van der Waals surface area contributed by atoms with E-state index >= 15 is 0 Å². The summed E-state index contributed by atoms with van der Waals surface area (Å²) in [5.74, 6) is 1.56. The first kappa shape index (κ1) is 14.7. The van der Waals surface area contributed by atoms with Gasteiger partial charge < -0.3 is 4.74 Å². The molecule has 1 nitrogen and oxygen atoms in total. The topological polar surface area (TPSA) is 9.23 Å². The zero-order chi connectivity index (χ0) is 13.4. The van der Waals surface area contributed by atoms with E-state index in [1.165, 1.54) is 36.8 Å². The highest BCUT2D eigenvalue weighted by molar-refractivity contribution is 5.45. The van der Waals surface area contributed by atoms with Crippen LogP contribution in [0.3, 0.4) is 0 Å².